The van der Waals surface area contributed by atoms with Crippen LogP contribution in [0, 0.1) is 11.3 Å². The van der Waals surface area contributed by atoms with Crippen molar-refractivity contribution in [1.29, 1.82) is 5.26 Å². The summed E-state index contributed by atoms with van der Waals surface area (Å²) in [6.45, 7) is 0. The molecule has 0 saturated carbocycles. The Morgan fingerprint density at radius 2 is 0.983 bits per heavy atom. The first-order valence-electron chi connectivity index (χ1n) is 19.8. The molecule has 10 aromatic rings. The number of hydrogen-bond acceptors (Lipinski definition) is 2. The van der Waals surface area contributed by atoms with E-state index in [0.29, 0.717) is 5.56 Å². The maximum Gasteiger partial charge on any atom is 0.0991 e. The molecule has 1 heterocycles. The van der Waals surface area contributed by atoms with Crippen molar-refractivity contribution in [1.82, 2.24) is 0 Å². The maximum atomic E-state index is 10.2. The van der Waals surface area contributed by atoms with Gasteiger partial charge in [-0.2, -0.15) is 5.26 Å². The van der Waals surface area contributed by atoms with E-state index in [4.69, 9.17) is 0 Å². The van der Waals surface area contributed by atoms with Gasteiger partial charge in [0.25, 0.3) is 0 Å². The zero-order valence-electron chi connectivity index (χ0n) is 31.4. The van der Waals surface area contributed by atoms with Gasteiger partial charge in [-0.05, 0) is 135 Å². The van der Waals surface area contributed by atoms with Crippen LogP contribution in [0.1, 0.15) is 27.8 Å². The van der Waals surface area contributed by atoms with E-state index in [1.165, 1.54) is 109 Å². The first-order chi connectivity index (χ1) is 28.7. The summed E-state index contributed by atoms with van der Waals surface area (Å²) in [7, 11) is 0. The molecule has 58 heavy (non-hydrogen) atoms. The summed E-state index contributed by atoms with van der Waals surface area (Å²) < 4.78 is 0. The fourth-order valence-electron chi connectivity index (χ4n) is 10.2. The van der Waals surface area contributed by atoms with Gasteiger partial charge in [-0.25, -0.2) is 0 Å². The lowest BCUT2D eigenvalue weighted by molar-refractivity contribution is 0.722. The summed E-state index contributed by atoms with van der Waals surface area (Å²) in [4.78, 5) is 2.49. The van der Waals surface area contributed by atoms with E-state index in [1.807, 2.05) is 17.8 Å². The Morgan fingerprint density at radius 3 is 1.76 bits per heavy atom. The molecule has 0 aromatic heterocycles. The lowest BCUT2D eigenvalue weighted by atomic mass is 9.66. The van der Waals surface area contributed by atoms with Crippen molar-refractivity contribution < 1.29 is 0 Å². The molecule has 1 atom stereocenters. The largest absolute Gasteiger partial charge is 0.192 e. The summed E-state index contributed by atoms with van der Waals surface area (Å²) in [6.07, 6.45) is 0. The Hall–Kier alpha value is -7.18. The second-order valence-electron chi connectivity index (χ2n) is 15.4. The third-order valence-electron chi connectivity index (χ3n) is 12.5. The third kappa shape index (κ3) is 4.60. The van der Waals surface area contributed by atoms with Gasteiger partial charge >= 0.3 is 0 Å². The Balaban J connectivity index is 1.14. The van der Waals surface area contributed by atoms with E-state index in [2.05, 4.69) is 200 Å². The number of benzene rings is 10. The fourth-order valence-corrected chi connectivity index (χ4v) is 11.3. The van der Waals surface area contributed by atoms with Crippen LogP contribution in [0.2, 0.25) is 0 Å². The molecule has 1 aliphatic carbocycles. The quantitative estimate of drug-likeness (QED) is 0.168. The van der Waals surface area contributed by atoms with Crippen LogP contribution in [0.3, 0.4) is 0 Å². The van der Waals surface area contributed by atoms with Gasteiger partial charge in [0, 0.05) is 9.79 Å². The molecule has 0 saturated heterocycles. The van der Waals surface area contributed by atoms with Gasteiger partial charge in [0.1, 0.15) is 0 Å². The fraction of sp³-hybridized carbons (Fsp3) is 0.0179. The van der Waals surface area contributed by atoms with Crippen LogP contribution >= 0.6 is 11.8 Å². The highest BCUT2D eigenvalue weighted by Gasteiger charge is 2.50. The summed E-state index contributed by atoms with van der Waals surface area (Å²) >= 11 is 1.85. The van der Waals surface area contributed by atoms with Crippen molar-refractivity contribution in [2.45, 2.75) is 15.2 Å². The molecule has 0 N–H and O–H groups in total. The van der Waals surface area contributed by atoms with Gasteiger partial charge < -0.3 is 0 Å². The molecule has 10 aromatic carbocycles. The Labute approximate surface area is 341 Å². The van der Waals surface area contributed by atoms with Crippen molar-refractivity contribution in [2.75, 3.05) is 0 Å². The smallest absolute Gasteiger partial charge is 0.0991 e. The minimum Gasteiger partial charge on any atom is -0.192 e. The summed E-state index contributed by atoms with van der Waals surface area (Å²) in [6, 6.07) is 75.8. The molecule has 12 rings (SSSR count). The number of nitrogens with zero attached hydrogens (tertiary/aromatic N) is 1. The first kappa shape index (κ1) is 33.0. The summed E-state index contributed by atoms with van der Waals surface area (Å²) in [5.41, 5.74) is 14.8. The van der Waals surface area contributed by atoms with Gasteiger partial charge in [-0.3, -0.25) is 0 Å². The molecule has 1 aliphatic heterocycles. The molecule has 1 spiro atoms. The van der Waals surface area contributed by atoms with Crippen LogP contribution in [0.4, 0.5) is 0 Å². The van der Waals surface area contributed by atoms with Crippen LogP contribution in [0.15, 0.2) is 210 Å². The van der Waals surface area contributed by atoms with E-state index >= 15 is 0 Å². The van der Waals surface area contributed by atoms with Gasteiger partial charge in [0.05, 0.1) is 17.0 Å². The normalized spacial score (nSPS) is 14.9. The monoisotopic (exact) mass is 751 g/mol. The van der Waals surface area contributed by atoms with Crippen molar-refractivity contribution >= 4 is 44.1 Å². The number of nitriles is 1. The molecule has 1 unspecified atom stereocenters. The highest BCUT2D eigenvalue weighted by molar-refractivity contribution is 7.99. The average molecular weight is 752 g/mol. The summed E-state index contributed by atoms with van der Waals surface area (Å²) in [5.74, 6) is 0. The van der Waals surface area contributed by atoms with Crippen LogP contribution < -0.4 is 0 Å². The molecule has 0 fully saturated rings. The van der Waals surface area contributed by atoms with Crippen LogP contribution in [0.5, 0.6) is 0 Å². The van der Waals surface area contributed by atoms with E-state index in [0.717, 1.165) is 0 Å². The third-order valence-corrected chi connectivity index (χ3v) is 13.7. The molecule has 0 radical (unpaired) electrons. The van der Waals surface area contributed by atoms with Gasteiger partial charge in [-0.1, -0.05) is 176 Å². The van der Waals surface area contributed by atoms with Crippen molar-refractivity contribution in [3.05, 3.63) is 228 Å². The molecule has 0 amide bonds. The van der Waals surface area contributed by atoms with E-state index in [9.17, 15) is 5.26 Å². The molecule has 268 valence electrons. The second kappa shape index (κ2) is 12.7. The van der Waals surface area contributed by atoms with Crippen LogP contribution in [0.25, 0.3) is 76.8 Å². The Kier molecular flexibility index (Phi) is 7.21. The lowest BCUT2D eigenvalue weighted by Crippen LogP contribution is -2.32. The van der Waals surface area contributed by atoms with Crippen LogP contribution in [-0.2, 0) is 5.41 Å². The van der Waals surface area contributed by atoms with Crippen molar-refractivity contribution in [3.63, 3.8) is 0 Å². The van der Waals surface area contributed by atoms with E-state index in [-0.39, 0.29) is 0 Å². The van der Waals surface area contributed by atoms with Crippen LogP contribution in [-0.4, -0.2) is 0 Å². The van der Waals surface area contributed by atoms with Gasteiger partial charge in [0.15, 0.2) is 0 Å². The topological polar surface area (TPSA) is 23.8 Å². The minimum absolute atomic E-state index is 0.584. The second-order valence-corrected chi connectivity index (χ2v) is 16.5. The number of fused-ring (bicyclic) bond motifs is 12. The molecular formula is C56H33NS. The maximum absolute atomic E-state index is 10.2. The van der Waals surface area contributed by atoms with E-state index in [1.54, 1.807) is 0 Å². The summed E-state index contributed by atoms with van der Waals surface area (Å²) in [5, 5.41) is 17.6. The van der Waals surface area contributed by atoms with Crippen molar-refractivity contribution in [3.8, 4) is 50.6 Å². The number of rotatable bonds is 3. The molecule has 2 aliphatic rings. The van der Waals surface area contributed by atoms with Gasteiger partial charge in [-0.15, -0.1) is 0 Å². The van der Waals surface area contributed by atoms with E-state index < -0.39 is 5.41 Å². The van der Waals surface area contributed by atoms with Crippen molar-refractivity contribution in [2.24, 2.45) is 0 Å². The molecule has 0 bridgehead atoms. The zero-order chi connectivity index (χ0) is 38.4. The SMILES string of the molecule is N#Cc1ccc2c(c1)C1(c3ccccc3Sc3ccc(-c4c5ccccc5c(-c5cccc6cc(-c7ccccc7)ccc56)c5ccccc45)cc31)c1ccccc1-2. The predicted octanol–water partition coefficient (Wildman–Crippen LogP) is 14.8. The molecule has 2 heteroatoms. The molecular weight excluding hydrogens is 719 g/mol. The zero-order valence-corrected chi connectivity index (χ0v) is 32.2. The predicted molar refractivity (Wildman–Crippen MR) is 241 cm³/mol. The highest BCUT2D eigenvalue weighted by Crippen LogP contribution is 2.63. The van der Waals surface area contributed by atoms with Gasteiger partial charge in [0.2, 0.25) is 0 Å². The highest BCUT2D eigenvalue weighted by atomic mass is 32.2. The number of hydrogen-bond donors (Lipinski definition) is 0. The molecule has 1 nitrogen and oxygen atoms in total. The average Bonchev–Trinajstić information content (AvgIpc) is 3.58. The Morgan fingerprint density at radius 1 is 0.362 bits per heavy atom. The standard InChI is InChI=1S/C56H33NS/c57-34-35-25-28-42-41-16-8-9-22-48(41)56(50(42)31-35)49-23-10-11-24-52(49)58-53-30-27-39(33-51(53)56)54-44-17-4-6-19-46(44)55(47-20-7-5-18-45(47)54)43-21-12-15-38-32-37(26-29-40(38)43)36-13-2-1-3-14-36/h1-33H. The lowest BCUT2D eigenvalue weighted by Gasteiger charge is -2.40. The first-order valence-corrected chi connectivity index (χ1v) is 20.6. The minimum atomic E-state index is -0.584. The Bertz CT molecular complexity index is 3330.